The van der Waals surface area contributed by atoms with Crippen LogP contribution in [0, 0.1) is 6.92 Å². The van der Waals surface area contributed by atoms with Gasteiger partial charge in [-0.1, -0.05) is 0 Å². The fraction of sp³-hybridized carbons (Fsp3) is 0.300. The third-order valence-electron chi connectivity index (χ3n) is 2.01. The van der Waals surface area contributed by atoms with Crippen LogP contribution in [0.3, 0.4) is 0 Å². The number of hydrogen-bond donors (Lipinski definition) is 2. The third-order valence-corrected chi connectivity index (χ3v) is 3.86. The van der Waals surface area contributed by atoms with Gasteiger partial charge in [-0.05, 0) is 18.4 Å². The molecule has 2 aromatic rings. The Labute approximate surface area is 97.0 Å². The largest absolute Gasteiger partial charge is 0.398 e. The van der Waals surface area contributed by atoms with Crippen molar-refractivity contribution in [2.75, 3.05) is 5.73 Å². The number of aryl methyl sites for hydroxylation is 1. The minimum Gasteiger partial charge on any atom is -0.398 e. The summed E-state index contributed by atoms with van der Waals surface area (Å²) < 4.78 is 0. The molecule has 0 unspecified atom stereocenters. The summed E-state index contributed by atoms with van der Waals surface area (Å²) in [6, 6.07) is 1.94. The number of nitrogens with two attached hydrogens (primary N) is 1. The van der Waals surface area contributed by atoms with Gasteiger partial charge in [0.1, 0.15) is 5.01 Å². The average Bonchev–Trinajstić information content (AvgIpc) is 2.77. The number of thiazole rings is 1. The van der Waals surface area contributed by atoms with Crippen LogP contribution in [0.5, 0.6) is 0 Å². The molecule has 5 heteroatoms. The molecule has 0 saturated heterocycles. The molecular formula is C10H13N3S2. The minimum atomic E-state index is 0.815. The molecule has 15 heavy (non-hydrogen) atoms. The highest BCUT2D eigenvalue weighted by Gasteiger charge is 2.01. The molecule has 3 nitrogen and oxygen atoms in total. The highest BCUT2D eigenvalue weighted by Crippen LogP contribution is 2.18. The predicted octanol–water partition coefficient (Wildman–Crippen LogP) is 2.39. The maximum atomic E-state index is 5.78. The van der Waals surface area contributed by atoms with E-state index in [1.54, 1.807) is 22.7 Å². The van der Waals surface area contributed by atoms with Crippen LogP contribution in [0.4, 0.5) is 5.69 Å². The van der Waals surface area contributed by atoms with Gasteiger partial charge < -0.3 is 11.1 Å². The second-order valence-corrected chi connectivity index (χ2v) is 5.59. The lowest BCUT2D eigenvalue weighted by molar-refractivity contribution is 0.698. The number of anilines is 1. The van der Waals surface area contributed by atoms with Crippen LogP contribution in [-0.2, 0) is 13.1 Å². The first kappa shape index (κ1) is 10.6. The van der Waals surface area contributed by atoms with Crippen molar-refractivity contribution in [3.8, 4) is 0 Å². The fourth-order valence-electron chi connectivity index (χ4n) is 1.26. The molecule has 0 fully saturated rings. The van der Waals surface area contributed by atoms with Crippen molar-refractivity contribution in [1.82, 2.24) is 10.3 Å². The Kier molecular flexibility index (Phi) is 3.35. The van der Waals surface area contributed by atoms with E-state index in [1.807, 2.05) is 17.6 Å². The van der Waals surface area contributed by atoms with Crippen molar-refractivity contribution in [3.63, 3.8) is 0 Å². The number of aromatic nitrogens is 1. The van der Waals surface area contributed by atoms with Gasteiger partial charge in [-0.15, -0.1) is 22.7 Å². The molecule has 0 aliphatic rings. The van der Waals surface area contributed by atoms with Crippen molar-refractivity contribution in [2.45, 2.75) is 20.0 Å². The van der Waals surface area contributed by atoms with Crippen molar-refractivity contribution in [1.29, 1.82) is 0 Å². The lowest BCUT2D eigenvalue weighted by Gasteiger charge is -2.00. The van der Waals surface area contributed by atoms with Crippen molar-refractivity contribution >= 4 is 28.4 Å². The van der Waals surface area contributed by atoms with Gasteiger partial charge in [0.15, 0.2) is 0 Å². The van der Waals surface area contributed by atoms with Gasteiger partial charge in [0.05, 0.1) is 0 Å². The predicted molar refractivity (Wildman–Crippen MR) is 66.1 cm³/mol. The van der Waals surface area contributed by atoms with Crippen LogP contribution in [0.15, 0.2) is 17.6 Å². The smallest absolute Gasteiger partial charge is 0.107 e. The van der Waals surface area contributed by atoms with Crippen molar-refractivity contribution in [2.24, 2.45) is 0 Å². The Morgan fingerprint density at radius 1 is 1.47 bits per heavy atom. The van der Waals surface area contributed by atoms with Crippen molar-refractivity contribution in [3.05, 3.63) is 32.4 Å². The van der Waals surface area contributed by atoms with Crippen LogP contribution in [-0.4, -0.2) is 4.98 Å². The summed E-state index contributed by atoms with van der Waals surface area (Å²) in [5.41, 5.74) is 6.66. The number of nitrogens with zero attached hydrogens (tertiary/aromatic N) is 1. The summed E-state index contributed by atoms with van der Waals surface area (Å²) in [5, 5.41) is 6.48. The van der Waals surface area contributed by atoms with E-state index in [2.05, 4.69) is 17.2 Å². The number of rotatable bonds is 4. The Hall–Kier alpha value is -0.910. The average molecular weight is 239 g/mol. The van der Waals surface area contributed by atoms with Crippen molar-refractivity contribution < 1.29 is 0 Å². The lowest BCUT2D eigenvalue weighted by Crippen LogP contribution is -2.12. The Morgan fingerprint density at radius 3 is 2.93 bits per heavy atom. The van der Waals surface area contributed by atoms with Crippen LogP contribution in [0.1, 0.15) is 14.8 Å². The molecule has 2 aromatic heterocycles. The zero-order valence-corrected chi connectivity index (χ0v) is 10.1. The van der Waals surface area contributed by atoms with Gasteiger partial charge in [0.2, 0.25) is 0 Å². The van der Waals surface area contributed by atoms with E-state index in [4.69, 9.17) is 5.73 Å². The van der Waals surface area contributed by atoms with E-state index >= 15 is 0 Å². The highest BCUT2D eigenvalue weighted by atomic mass is 32.1. The quantitative estimate of drug-likeness (QED) is 0.861. The molecule has 0 aliphatic carbocycles. The zero-order chi connectivity index (χ0) is 10.7. The molecule has 0 amide bonds. The maximum Gasteiger partial charge on any atom is 0.107 e. The van der Waals surface area contributed by atoms with Crippen LogP contribution >= 0.6 is 22.7 Å². The van der Waals surface area contributed by atoms with Crippen LogP contribution < -0.4 is 11.1 Å². The summed E-state index contributed by atoms with van der Waals surface area (Å²) in [4.78, 5) is 6.73. The van der Waals surface area contributed by atoms with Crippen LogP contribution in [0.2, 0.25) is 0 Å². The lowest BCUT2D eigenvalue weighted by atomic mass is 10.4. The molecule has 80 valence electrons. The number of thiophene rings is 1. The molecule has 0 aliphatic heterocycles. The standard InChI is InChI=1S/C10H13N3S2/c1-7-4-13-10(15-7)6-12-5-9-8(11)2-3-14-9/h2-4,12H,5-6,11H2,1H3. The molecule has 0 bridgehead atoms. The number of nitrogens with one attached hydrogen (secondary N) is 1. The van der Waals surface area contributed by atoms with Gasteiger partial charge in [-0.3, -0.25) is 0 Å². The summed E-state index contributed by atoms with van der Waals surface area (Å²) in [6.07, 6.45) is 1.90. The molecule has 0 spiro atoms. The van der Waals surface area contributed by atoms with E-state index in [9.17, 15) is 0 Å². The molecule has 2 heterocycles. The summed E-state index contributed by atoms with van der Waals surface area (Å²) >= 11 is 3.41. The molecule has 0 saturated carbocycles. The fourth-order valence-corrected chi connectivity index (χ4v) is 2.79. The topological polar surface area (TPSA) is 50.9 Å². The SMILES string of the molecule is Cc1cnc(CNCc2sccc2N)s1. The van der Waals surface area contributed by atoms with E-state index in [0.717, 1.165) is 23.8 Å². The monoisotopic (exact) mass is 239 g/mol. The summed E-state index contributed by atoms with van der Waals surface area (Å²) in [7, 11) is 0. The summed E-state index contributed by atoms with van der Waals surface area (Å²) in [6.45, 7) is 3.70. The Morgan fingerprint density at radius 2 is 2.33 bits per heavy atom. The first-order valence-electron chi connectivity index (χ1n) is 4.69. The summed E-state index contributed by atoms with van der Waals surface area (Å²) in [5.74, 6) is 0. The number of hydrogen-bond acceptors (Lipinski definition) is 5. The van der Waals surface area contributed by atoms with Gasteiger partial charge in [-0.25, -0.2) is 4.98 Å². The first-order chi connectivity index (χ1) is 7.25. The molecule has 2 rings (SSSR count). The molecule has 3 N–H and O–H groups in total. The zero-order valence-electron chi connectivity index (χ0n) is 8.49. The Bertz CT molecular complexity index is 433. The van der Waals surface area contributed by atoms with Gasteiger partial charge in [0, 0.05) is 34.7 Å². The van der Waals surface area contributed by atoms with Gasteiger partial charge in [-0.2, -0.15) is 0 Å². The van der Waals surface area contributed by atoms with E-state index in [1.165, 1.54) is 9.75 Å². The first-order valence-corrected chi connectivity index (χ1v) is 6.39. The molecule has 0 atom stereocenters. The van der Waals surface area contributed by atoms with E-state index in [0.29, 0.717) is 0 Å². The van der Waals surface area contributed by atoms with E-state index in [-0.39, 0.29) is 0 Å². The third kappa shape index (κ3) is 2.77. The Balaban J connectivity index is 1.83. The molecule has 0 radical (unpaired) electrons. The molecular weight excluding hydrogens is 226 g/mol. The molecule has 0 aromatic carbocycles. The highest BCUT2D eigenvalue weighted by molar-refractivity contribution is 7.11. The number of nitrogen functional groups attached to an aromatic ring is 1. The van der Waals surface area contributed by atoms with Crippen LogP contribution in [0.25, 0.3) is 0 Å². The minimum absolute atomic E-state index is 0.815. The maximum absolute atomic E-state index is 5.78. The van der Waals surface area contributed by atoms with E-state index < -0.39 is 0 Å². The normalized spacial score (nSPS) is 10.7. The van der Waals surface area contributed by atoms with Gasteiger partial charge >= 0.3 is 0 Å². The second-order valence-electron chi connectivity index (χ2n) is 3.27. The van der Waals surface area contributed by atoms with Gasteiger partial charge in [0.25, 0.3) is 0 Å². The second kappa shape index (κ2) is 4.74.